The molecule has 118 valence electrons. The van der Waals surface area contributed by atoms with Crippen molar-refractivity contribution >= 4 is 17.2 Å². The van der Waals surface area contributed by atoms with Crippen molar-refractivity contribution < 1.29 is 19.4 Å². The third kappa shape index (κ3) is 4.75. The first-order valence-electron chi connectivity index (χ1n) is 6.94. The van der Waals surface area contributed by atoms with Crippen molar-refractivity contribution in [3.63, 3.8) is 0 Å². The van der Waals surface area contributed by atoms with E-state index in [1.54, 1.807) is 19.2 Å². The van der Waals surface area contributed by atoms with Gasteiger partial charge in [-0.1, -0.05) is 18.2 Å². The van der Waals surface area contributed by atoms with Gasteiger partial charge in [0.05, 0.1) is 13.2 Å². The number of rotatable bonds is 8. The highest BCUT2D eigenvalue weighted by Gasteiger charge is 2.10. The highest BCUT2D eigenvalue weighted by atomic mass is 32.1. The van der Waals surface area contributed by atoms with Crippen LogP contribution in [0, 0.1) is 0 Å². The fourth-order valence-corrected chi connectivity index (χ4v) is 2.65. The molecule has 0 aliphatic heterocycles. The zero-order valence-corrected chi connectivity index (χ0v) is 13.1. The summed E-state index contributed by atoms with van der Waals surface area (Å²) in [6.45, 7) is 0.308. The molecule has 5 nitrogen and oxygen atoms in total. The summed E-state index contributed by atoms with van der Waals surface area (Å²) in [5.74, 6) is 0.881. The van der Waals surface area contributed by atoms with Crippen LogP contribution in [-0.4, -0.2) is 31.3 Å². The third-order valence-corrected chi connectivity index (χ3v) is 4.01. The number of nitrogens with one attached hydrogen (secondary N) is 1. The Bertz CT molecular complexity index is 586. The predicted molar refractivity (Wildman–Crippen MR) is 85.4 cm³/mol. The van der Waals surface area contributed by atoms with Crippen LogP contribution in [0.5, 0.6) is 11.5 Å². The Morgan fingerprint density at radius 1 is 1.27 bits per heavy atom. The molecule has 0 spiro atoms. The summed E-state index contributed by atoms with van der Waals surface area (Å²) in [5, 5.41) is 14.5. The Morgan fingerprint density at radius 3 is 2.73 bits per heavy atom. The molecule has 2 rings (SSSR count). The van der Waals surface area contributed by atoms with Gasteiger partial charge in [-0.05, 0) is 30.0 Å². The molecule has 1 heterocycles. The van der Waals surface area contributed by atoms with Gasteiger partial charge in [-0.25, -0.2) is 0 Å². The van der Waals surface area contributed by atoms with Crippen molar-refractivity contribution in [3.8, 4) is 11.5 Å². The SMILES string of the molecule is COc1ccccc1OCC(=O)NCCC(O)c1cccs1. The van der Waals surface area contributed by atoms with Crippen molar-refractivity contribution in [2.75, 3.05) is 20.3 Å². The Labute approximate surface area is 133 Å². The summed E-state index contributed by atoms with van der Waals surface area (Å²) in [7, 11) is 1.55. The molecule has 0 bridgehead atoms. The number of carbonyl (C=O) groups excluding carboxylic acids is 1. The normalized spacial score (nSPS) is 11.7. The van der Waals surface area contributed by atoms with Gasteiger partial charge < -0.3 is 19.9 Å². The van der Waals surface area contributed by atoms with E-state index >= 15 is 0 Å². The second kappa shape index (κ2) is 8.41. The number of aliphatic hydroxyl groups excluding tert-OH is 1. The predicted octanol–water partition coefficient (Wildman–Crippen LogP) is 2.38. The second-order valence-electron chi connectivity index (χ2n) is 4.61. The lowest BCUT2D eigenvalue weighted by atomic mass is 10.2. The molecule has 0 saturated heterocycles. The first kappa shape index (κ1) is 16.3. The van der Waals surface area contributed by atoms with E-state index < -0.39 is 6.10 Å². The number of thiophene rings is 1. The maximum atomic E-state index is 11.7. The average Bonchev–Trinajstić information content (AvgIpc) is 3.07. The summed E-state index contributed by atoms with van der Waals surface area (Å²) >= 11 is 1.50. The molecule has 0 aliphatic carbocycles. The number of hydrogen-bond acceptors (Lipinski definition) is 5. The Balaban J connectivity index is 1.70. The van der Waals surface area contributed by atoms with E-state index in [0.29, 0.717) is 24.5 Å². The van der Waals surface area contributed by atoms with Crippen LogP contribution in [0.25, 0.3) is 0 Å². The van der Waals surface area contributed by atoms with Gasteiger partial charge in [0.15, 0.2) is 18.1 Å². The molecule has 2 N–H and O–H groups in total. The fourth-order valence-electron chi connectivity index (χ4n) is 1.90. The van der Waals surface area contributed by atoms with Crippen LogP contribution in [-0.2, 0) is 4.79 Å². The summed E-state index contributed by atoms with van der Waals surface area (Å²) in [4.78, 5) is 12.6. The van der Waals surface area contributed by atoms with Gasteiger partial charge in [0.2, 0.25) is 0 Å². The molecule has 6 heteroatoms. The number of amides is 1. The molecule has 0 radical (unpaired) electrons. The Kier molecular flexibility index (Phi) is 6.24. The number of hydrogen-bond donors (Lipinski definition) is 2. The zero-order valence-electron chi connectivity index (χ0n) is 12.3. The number of ether oxygens (including phenoxy) is 2. The van der Waals surface area contributed by atoms with E-state index in [4.69, 9.17) is 9.47 Å². The number of carbonyl (C=O) groups is 1. The number of benzene rings is 1. The van der Waals surface area contributed by atoms with Crippen LogP contribution in [0.15, 0.2) is 41.8 Å². The Hall–Kier alpha value is -2.05. The monoisotopic (exact) mass is 321 g/mol. The zero-order chi connectivity index (χ0) is 15.8. The molecular formula is C16H19NO4S. The van der Waals surface area contributed by atoms with Crippen molar-refractivity contribution in [1.29, 1.82) is 0 Å². The minimum absolute atomic E-state index is 0.0878. The van der Waals surface area contributed by atoms with Crippen molar-refractivity contribution in [2.45, 2.75) is 12.5 Å². The highest BCUT2D eigenvalue weighted by molar-refractivity contribution is 7.10. The summed E-state index contributed by atoms with van der Waals surface area (Å²) in [5.41, 5.74) is 0. The minimum Gasteiger partial charge on any atom is -0.493 e. The molecule has 1 aromatic heterocycles. The number of methoxy groups -OCH3 is 1. The quantitative estimate of drug-likeness (QED) is 0.783. The van der Waals surface area contributed by atoms with Crippen LogP contribution < -0.4 is 14.8 Å². The lowest BCUT2D eigenvalue weighted by Gasteiger charge is -2.11. The van der Waals surface area contributed by atoms with Gasteiger partial charge in [-0.2, -0.15) is 0 Å². The smallest absolute Gasteiger partial charge is 0.257 e. The highest BCUT2D eigenvalue weighted by Crippen LogP contribution is 2.25. The van der Waals surface area contributed by atoms with E-state index in [1.807, 2.05) is 29.6 Å². The van der Waals surface area contributed by atoms with Crippen LogP contribution in [0.3, 0.4) is 0 Å². The molecule has 22 heavy (non-hydrogen) atoms. The van der Waals surface area contributed by atoms with Gasteiger partial charge in [0.25, 0.3) is 5.91 Å². The van der Waals surface area contributed by atoms with Crippen LogP contribution >= 0.6 is 11.3 Å². The second-order valence-corrected chi connectivity index (χ2v) is 5.59. The Morgan fingerprint density at radius 2 is 2.05 bits per heavy atom. The van der Waals surface area contributed by atoms with Crippen LogP contribution in [0.2, 0.25) is 0 Å². The molecule has 0 fully saturated rings. The fraction of sp³-hybridized carbons (Fsp3) is 0.312. The molecule has 0 aliphatic rings. The van der Waals surface area contributed by atoms with Crippen LogP contribution in [0.1, 0.15) is 17.4 Å². The van der Waals surface area contributed by atoms with Crippen molar-refractivity contribution in [3.05, 3.63) is 46.7 Å². The van der Waals surface area contributed by atoms with E-state index in [0.717, 1.165) is 4.88 Å². The summed E-state index contributed by atoms with van der Waals surface area (Å²) in [6.07, 6.45) is -0.0728. The maximum Gasteiger partial charge on any atom is 0.257 e. The maximum absolute atomic E-state index is 11.7. The largest absolute Gasteiger partial charge is 0.493 e. The molecule has 1 atom stereocenters. The van der Waals surface area contributed by atoms with Gasteiger partial charge in [0.1, 0.15) is 0 Å². The van der Waals surface area contributed by atoms with Crippen LogP contribution in [0.4, 0.5) is 0 Å². The average molecular weight is 321 g/mol. The first-order valence-corrected chi connectivity index (χ1v) is 7.82. The van der Waals surface area contributed by atoms with Crippen molar-refractivity contribution in [1.82, 2.24) is 5.32 Å². The number of aliphatic hydroxyl groups is 1. The molecule has 2 aromatic rings. The van der Waals surface area contributed by atoms with E-state index in [1.165, 1.54) is 11.3 Å². The van der Waals surface area contributed by atoms with E-state index in [2.05, 4.69) is 5.32 Å². The van der Waals surface area contributed by atoms with Gasteiger partial charge >= 0.3 is 0 Å². The first-order chi connectivity index (χ1) is 10.7. The minimum atomic E-state index is -0.546. The van der Waals surface area contributed by atoms with E-state index in [-0.39, 0.29) is 12.5 Å². The lowest BCUT2D eigenvalue weighted by Crippen LogP contribution is -2.30. The molecule has 1 amide bonds. The van der Waals surface area contributed by atoms with Gasteiger partial charge in [0, 0.05) is 11.4 Å². The third-order valence-electron chi connectivity index (χ3n) is 3.04. The molecule has 1 unspecified atom stereocenters. The summed E-state index contributed by atoms with van der Waals surface area (Å²) in [6, 6.07) is 10.9. The van der Waals surface area contributed by atoms with E-state index in [9.17, 15) is 9.90 Å². The standard InChI is InChI=1S/C16H19NO4S/c1-20-13-5-2-3-6-14(13)21-11-16(19)17-9-8-12(18)15-7-4-10-22-15/h2-7,10,12,18H,8-9,11H2,1H3,(H,17,19). The van der Waals surface area contributed by atoms with Gasteiger partial charge in [-0.15, -0.1) is 11.3 Å². The summed E-state index contributed by atoms with van der Waals surface area (Å²) < 4.78 is 10.6. The molecule has 1 aromatic carbocycles. The van der Waals surface area contributed by atoms with Gasteiger partial charge in [-0.3, -0.25) is 4.79 Å². The molecule has 0 saturated carbocycles. The molecular weight excluding hydrogens is 302 g/mol. The van der Waals surface area contributed by atoms with Crippen molar-refractivity contribution in [2.24, 2.45) is 0 Å². The lowest BCUT2D eigenvalue weighted by molar-refractivity contribution is -0.123. The topological polar surface area (TPSA) is 67.8 Å². The number of para-hydroxylation sites is 2.